The lowest BCUT2D eigenvalue weighted by molar-refractivity contribution is -0.0540. The summed E-state index contributed by atoms with van der Waals surface area (Å²) in [6.45, 7) is -3.14. The number of nitrogens with one attached hydrogen (secondary N) is 1. The Morgan fingerprint density at radius 3 is 2.67 bits per heavy atom. The average molecular weight is 548 g/mol. The molecule has 8 rings (SSSR count). The molecule has 3 N–H and O–H groups in total. The topological polar surface area (TPSA) is 130 Å². The van der Waals surface area contributed by atoms with Gasteiger partial charge in [-0.15, -0.1) is 0 Å². The largest absolute Gasteiger partial charge is 0.430 e. The summed E-state index contributed by atoms with van der Waals surface area (Å²) in [6, 6.07) is 6.41. The van der Waals surface area contributed by atoms with Crippen LogP contribution < -0.4 is 25.8 Å². The van der Waals surface area contributed by atoms with Gasteiger partial charge in [0.2, 0.25) is 11.5 Å². The molecule has 2 aromatic carbocycles. The Bertz CT molecular complexity index is 1720. The number of halogens is 2. The van der Waals surface area contributed by atoms with E-state index in [-0.39, 0.29) is 34.8 Å². The van der Waals surface area contributed by atoms with Crippen LogP contribution in [0.1, 0.15) is 65.3 Å². The van der Waals surface area contributed by atoms with Gasteiger partial charge < -0.3 is 29.6 Å². The van der Waals surface area contributed by atoms with Crippen molar-refractivity contribution in [1.29, 1.82) is 0 Å². The van der Waals surface area contributed by atoms with Gasteiger partial charge in [0.1, 0.15) is 11.6 Å². The quantitative estimate of drug-likeness (QED) is 0.392. The number of hydrogen-bond donors (Lipinski definition) is 2. The number of amides is 1. The molecular weight excluding hydrogens is 524 g/mol. The number of rotatable bonds is 4. The highest BCUT2D eigenvalue weighted by Crippen LogP contribution is 2.55. The highest BCUT2D eigenvalue weighted by molar-refractivity contribution is 5.99. The second-order valence-corrected chi connectivity index (χ2v) is 10.7. The van der Waals surface area contributed by atoms with E-state index in [0.717, 1.165) is 35.9 Å². The van der Waals surface area contributed by atoms with E-state index in [9.17, 15) is 13.6 Å². The van der Waals surface area contributed by atoms with Gasteiger partial charge in [0.15, 0.2) is 5.75 Å². The van der Waals surface area contributed by atoms with E-state index >= 15 is 0 Å². The molecule has 13 heteroatoms. The molecule has 4 aromatic rings. The minimum atomic E-state index is -3.14. The van der Waals surface area contributed by atoms with Gasteiger partial charge in [0.25, 0.3) is 5.91 Å². The van der Waals surface area contributed by atoms with Crippen molar-refractivity contribution >= 4 is 16.9 Å². The number of aromatic nitrogens is 4. The van der Waals surface area contributed by atoms with Crippen molar-refractivity contribution in [3.05, 3.63) is 59.4 Å². The number of hydrogen-bond acceptors (Lipinski definition) is 9. The lowest BCUT2D eigenvalue weighted by Crippen LogP contribution is -2.44. The van der Waals surface area contributed by atoms with E-state index in [4.69, 9.17) is 25.1 Å². The Balaban J connectivity index is 1.30. The molecule has 40 heavy (non-hydrogen) atoms. The zero-order valence-electron chi connectivity index (χ0n) is 21.2. The van der Waals surface area contributed by atoms with Gasteiger partial charge in [-0.25, -0.2) is 15.0 Å². The van der Waals surface area contributed by atoms with Gasteiger partial charge in [0, 0.05) is 48.7 Å². The van der Waals surface area contributed by atoms with Crippen LogP contribution in [0.4, 0.5) is 8.78 Å². The number of carbonyl (C=O) groups is 1. The summed E-state index contributed by atoms with van der Waals surface area (Å²) in [7, 11) is 1.68. The molecule has 4 aliphatic rings. The van der Waals surface area contributed by atoms with Crippen molar-refractivity contribution in [2.45, 2.75) is 49.9 Å². The van der Waals surface area contributed by atoms with E-state index in [0.29, 0.717) is 29.1 Å². The Morgan fingerprint density at radius 2 is 1.95 bits per heavy atom. The normalized spacial score (nSPS) is 21.8. The molecular formula is C27H23F2N7O4. The number of fused-ring (bicyclic) bond motifs is 10. The van der Waals surface area contributed by atoms with Crippen LogP contribution in [0.2, 0.25) is 0 Å². The predicted molar refractivity (Wildman–Crippen MR) is 136 cm³/mol. The fourth-order valence-electron chi connectivity index (χ4n) is 6.33. The van der Waals surface area contributed by atoms with E-state index in [1.54, 1.807) is 24.3 Å². The molecule has 2 aromatic heterocycles. The SMILES string of the molecule is CN1C(=O)c2cc3c(c(OC(F)F)c2[C@H]2C[C@@H]1c1nc4ccc(-c5cnc(C6(N)CCC6)nc5)cc4n12)ONO3. The Morgan fingerprint density at radius 1 is 1.15 bits per heavy atom. The molecule has 1 amide bonds. The van der Waals surface area contributed by atoms with E-state index in [1.165, 1.54) is 6.07 Å². The molecule has 1 saturated carbocycles. The molecule has 0 unspecified atom stereocenters. The van der Waals surface area contributed by atoms with Gasteiger partial charge >= 0.3 is 6.61 Å². The minimum absolute atomic E-state index is 0.0344. The summed E-state index contributed by atoms with van der Waals surface area (Å²) >= 11 is 0. The average Bonchev–Trinajstić information content (AvgIpc) is 3.63. The lowest BCUT2D eigenvalue weighted by atomic mass is 9.77. The molecule has 1 aliphatic carbocycles. The van der Waals surface area contributed by atoms with Crippen LogP contribution in [0.25, 0.3) is 22.2 Å². The summed E-state index contributed by atoms with van der Waals surface area (Å²) in [5, 5.41) is 0. The first-order valence-electron chi connectivity index (χ1n) is 13.0. The first kappa shape index (κ1) is 23.5. The molecule has 0 radical (unpaired) electrons. The summed E-state index contributed by atoms with van der Waals surface area (Å²) < 4.78 is 34.3. The number of nitrogens with two attached hydrogens (primary N) is 1. The van der Waals surface area contributed by atoms with Crippen LogP contribution in [-0.4, -0.2) is 44.0 Å². The molecule has 0 saturated heterocycles. The molecule has 2 atom stereocenters. The third kappa shape index (κ3) is 3.15. The highest BCUT2D eigenvalue weighted by atomic mass is 19.3. The first-order valence-corrected chi connectivity index (χ1v) is 13.0. The third-order valence-electron chi connectivity index (χ3n) is 8.54. The van der Waals surface area contributed by atoms with E-state index in [1.807, 2.05) is 22.8 Å². The standard InChI is InChI=1S/C27H23F2N7O4/c1-35-18-9-17(20-14(24(35)37)8-19-21(40-34-39-19)22(20)38-26(28)29)36-16-7-12(3-4-15(16)33-23(18)36)13-10-31-25(32-11-13)27(30)5-2-6-27/h3-4,7-8,10-11,17-18,26,34H,2,5-6,9,30H2,1H3/t17-,18-/m1/s1. The number of nitrogens with zero attached hydrogens (tertiary/aromatic N) is 5. The van der Waals surface area contributed by atoms with Crippen molar-refractivity contribution in [1.82, 2.24) is 30.1 Å². The summed E-state index contributed by atoms with van der Waals surface area (Å²) in [5.74, 6) is 0.785. The van der Waals surface area contributed by atoms with Crippen molar-refractivity contribution in [3.63, 3.8) is 0 Å². The van der Waals surface area contributed by atoms with Crippen LogP contribution in [0.15, 0.2) is 36.7 Å². The molecule has 2 bridgehead atoms. The maximum Gasteiger partial charge on any atom is 0.387 e. The number of ether oxygens (including phenoxy) is 1. The fraction of sp³-hybridized carbons (Fsp3) is 0.333. The molecule has 0 spiro atoms. The Hall–Kier alpha value is -4.36. The van der Waals surface area contributed by atoms with Gasteiger partial charge in [0.05, 0.1) is 34.2 Å². The maximum absolute atomic E-state index is 13.7. The van der Waals surface area contributed by atoms with Crippen molar-refractivity contribution in [2.24, 2.45) is 5.73 Å². The number of alkyl halides is 2. The van der Waals surface area contributed by atoms with Crippen molar-refractivity contribution in [2.75, 3.05) is 7.05 Å². The zero-order valence-corrected chi connectivity index (χ0v) is 21.2. The van der Waals surface area contributed by atoms with Crippen molar-refractivity contribution in [3.8, 4) is 28.4 Å². The lowest BCUT2D eigenvalue weighted by Gasteiger charge is -2.36. The maximum atomic E-state index is 13.7. The van der Waals surface area contributed by atoms with E-state index in [2.05, 4.69) is 15.6 Å². The van der Waals surface area contributed by atoms with Gasteiger partial charge in [-0.3, -0.25) is 4.79 Å². The second-order valence-electron chi connectivity index (χ2n) is 10.7. The van der Waals surface area contributed by atoms with Crippen LogP contribution >= 0.6 is 0 Å². The summed E-state index contributed by atoms with van der Waals surface area (Å²) in [4.78, 5) is 39.6. The van der Waals surface area contributed by atoms with Crippen molar-refractivity contribution < 1.29 is 28.0 Å². The Kier molecular flexibility index (Phi) is 4.75. The smallest absolute Gasteiger partial charge is 0.387 e. The zero-order chi connectivity index (χ0) is 27.3. The predicted octanol–water partition coefficient (Wildman–Crippen LogP) is 3.74. The van der Waals surface area contributed by atoms with E-state index < -0.39 is 18.2 Å². The molecule has 5 heterocycles. The number of carbonyl (C=O) groups excluding carboxylic acids is 1. The van der Waals surface area contributed by atoms with Gasteiger partial charge in [-0.05, 0) is 37.0 Å². The molecule has 204 valence electrons. The molecule has 1 fully saturated rings. The van der Waals surface area contributed by atoms with Crippen LogP contribution in [0, 0.1) is 0 Å². The number of imidazole rings is 1. The van der Waals surface area contributed by atoms with Crippen LogP contribution in [0.3, 0.4) is 0 Å². The Labute approximate surface area is 225 Å². The fourth-order valence-corrected chi connectivity index (χ4v) is 6.33. The summed E-state index contributed by atoms with van der Waals surface area (Å²) in [6.07, 6.45) is 6.78. The third-order valence-corrected chi connectivity index (χ3v) is 8.54. The van der Waals surface area contributed by atoms with Gasteiger partial charge in [-0.1, -0.05) is 6.07 Å². The number of benzene rings is 2. The molecule has 3 aliphatic heterocycles. The monoisotopic (exact) mass is 547 g/mol. The van der Waals surface area contributed by atoms with Crippen LogP contribution in [0.5, 0.6) is 17.2 Å². The highest BCUT2D eigenvalue weighted by Gasteiger charge is 2.47. The first-order chi connectivity index (χ1) is 19.3. The second kappa shape index (κ2) is 8.08. The van der Waals surface area contributed by atoms with Gasteiger partial charge in [-0.2, -0.15) is 8.78 Å². The minimum Gasteiger partial charge on any atom is -0.430 e. The summed E-state index contributed by atoms with van der Waals surface area (Å²) in [5.41, 5.74) is 11.8. The van der Waals surface area contributed by atoms with Crippen LogP contribution in [-0.2, 0) is 5.54 Å². The molecule has 11 nitrogen and oxygen atoms in total.